The third-order valence-electron chi connectivity index (χ3n) is 5.23. The molecule has 1 heterocycles. The minimum absolute atomic E-state index is 0.0507. The summed E-state index contributed by atoms with van der Waals surface area (Å²) in [5.74, 6) is -2.46. The smallest absolute Gasteiger partial charge is 0.419 e. The molecule has 0 saturated heterocycles. The monoisotopic (exact) mass is 479 g/mol. The molecular formula is C24H24F3NO6. The van der Waals surface area contributed by atoms with Crippen molar-refractivity contribution in [1.29, 1.82) is 0 Å². The highest BCUT2D eigenvalue weighted by Gasteiger charge is 2.37. The van der Waals surface area contributed by atoms with Crippen LogP contribution in [0.5, 0.6) is 11.5 Å². The van der Waals surface area contributed by atoms with E-state index in [0.717, 1.165) is 13.2 Å². The van der Waals surface area contributed by atoms with E-state index in [1.807, 2.05) is 0 Å². The van der Waals surface area contributed by atoms with Gasteiger partial charge in [-0.15, -0.1) is 0 Å². The Morgan fingerprint density at radius 2 is 1.68 bits per heavy atom. The van der Waals surface area contributed by atoms with E-state index in [1.54, 1.807) is 26.0 Å². The molecule has 0 saturated carbocycles. The predicted octanol–water partition coefficient (Wildman–Crippen LogP) is 4.54. The van der Waals surface area contributed by atoms with Crippen LogP contribution in [0.15, 0.2) is 47.9 Å². The number of rotatable bonds is 7. The Hall–Kier alpha value is -3.69. The van der Waals surface area contributed by atoms with Crippen LogP contribution in [0, 0.1) is 0 Å². The molecular weight excluding hydrogens is 455 g/mol. The lowest BCUT2D eigenvalue weighted by Gasteiger charge is -2.28. The van der Waals surface area contributed by atoms with Crippen molar-refractivity contribution in [3.05, 3.63) is 59.0 Å². The molecule has 0 fully saturated rings. The first-order chi connectivity index (χ1) is 16.1. The summed E-state index contributed by atoms with van der Waals surface area (Å²) in [5, 5.41) is 0. The Kier molecular flexibility index (Phi) is 7.38. The summed E-state index contributed by atoms with van der Waals surface area (Å²) in [6, 6.07) is 8.33. The molecule has 0 spiro atoms. The fraction of sp³-hybridized carbons (Fsp3) is 0.333. The standard InChI is InChI=1S/C24H24F3NO6/c1-4-32-20(29)12-16-15-10-13(14-7-9-19(31-3)17(11-14)24(25,26)27)6-8-18(15)34-22(28)21(16)23(30)33-5-2/h6-11,16H,4-5,12,28H2,1-3H3. The summed E-state index contributed by atoms with van der Waals surface area (Å²) in [5.41, 5.74) is 6.06. The second-order valence-electron chi connectivity index (χ2n) is 7.33. The van der Waals surface area contributed by atoms with Crippen LogP contribution in [-0.4, -0.2) is 32.3 Å². The number of nitrogens with two attached hydrogens (primary N) is 1. The van der Waals surface area contributed by atoms with Gasteiger partial charge < -0.3 is 24.7 Å². The maximum atomic E-state index is 13.5. The number of esters is 2. The molecule has 2 aromatic carbocycles. The van der Waals surface area contributed by atoms with Crippen molar-refractivity contribution in [3.8, 4) is 22.6 Å². The molecule has 182 valence electrons. The lowest BCUT2D eigenvalue weighted by molar-refractivity contribution is -0.144. The number of ether oxygens (including phenoxy) is 4. The van der Waals surface area contributed by atoms with Gasteiger partial charge in [-0.1, -0.05) is 12.1 Å². The van der Waals surface area contributed by atoms with Crippen molar-refractivity contribution in [2.75, 3.05) is 20.3 Å². The lowest BCUT2D eigenvalue weighted by Crippen LogP contribution is -2.28. The molecule has 1 atom stereocenters. The van der Waals surface area contributed by atoms with E-state index in [-0.39, 0.29) is 48.2 Å². The highest BCUT2D eigenvalue weighted by atomic mass is 19.4. The second-order valence-corrected chi connectivity index (χ2v) is 7.33. The molecule has 0 aromatic heterocycles. The van der Waals surface area contributed by atoms with Gasteiger partial charge in [0.1, 0.15) is 17.1 Å². The molecule has 1 aliphatic heterocycles. The molecule has 0 aliphatic carbocycles. The fourth-order valence-corrected chi connectivity index (χ4v) is 3.75. The summed E-state index contributed by atoms with van der Waals surface area (Å²) in [6.45, 7) is 3.47. The Labute approximate surface area is 194 Å². The zero-order valence-corrected chi connectivity index (χ0v) is 18.8. The zero-order chi connectivity index (χ0) is 25.0. The number of halogens is 3. The van der Waals surface area contributed by atoms with E-state index in [1.165, 1.54) is 18.2 Å². The van der Waals surface area contributed by atoms with E-state index in [9.17, 15) is 22.8 Å². The van der Waals surface area contributed by atoms with E-state index in [2.05, 4.69) is 0 Å². The summed E-state index contributed by atoms with van der Waals surface area (Å²) >= 11 is 0. The summed E-state index contributed by atoms with van der Waals surface area (Å²) in [6.07, 6.45) is -4.86. The quantitative estimate of drug-likeness (QED) is 0.582. The first-order valence-electron chi connectivity index (χ1n) is 10.5. The summed E-state index contributed by atoms with van der Waals surface area (Å²) in [4.78, 5) is 24.9. The molecule has 0 bridgehead atoms. The van der Waals surface area contributed by atoms with Crippen molar-refractivity contribution in [2.24, 2.45) is 5.73 Å². The van der Waals surface area contributed by atoms with Crippen molar-refractivity contribution in [1.82, 2.24) is 0 Å². The second kappa shape index (κ2) is 10.1. The largest absolute Gasteiger partial charge is 0.496 e. The topological polar surface area (TPSA) is 97.1 Å². The number of benzene rings is 2. The van der Waals surface area contributed by atoms with Crippen LogP contribution in [0.2, 0.25) is 0 Å². The van der Waals surface area contributed by atoms with Gasteiger partial charge in [-0.05, 0) is 49.2 Å². The van der Waals surface area contributed by atoms with Crippen LogP contribution < -0.4 is 15.2 Å². The Morgan fingerprint density at radius 3 is 2.29 bits per heavy atom. The highest BCUT2D eigenvalue weighted by molar-refractivity contribution is 5.93. The van der Waals surface area contributed by atoms with Gasteiger partial charge in [0, 0.05) is 11.5 Å². The maximum Gasteiger partial charge on any atom is 0.419 e. The van der Waals surface area contributed by atoms with Gasteiger partial charge in [0.15, 0.2) is 0 Å². The predicted molar refractivity (Wildman–Crippen MR) is 116 cm³/mol. The molecule has 0 radical (unpaired) electrons. The summed E-state index contributed by atoms with van der Waals surface area (Å²) < 4.78 is 61.1. The van der Waals surface area contributed by atoms with Crippen molar-refractivity contribution < 1.29 is 41.7 Å². The number of alkyl halides is 3. The van der Waals surface area contributed by atoms with Crippen molar-refractivity contribution >= 4 is 11.9 Å². The SMILES string of the molecule is CCOC(=O)CC1C(C(=O)OCC)=C(N)Oc2ccc(-c3ccc(OC)c(C(F)(F)F)c3)cc21. The molecule has 1 aliphatic rings. The van der Waals surface area contributed by atoms with Gasteiger partial charge >= 0.3 is 18.1 Å². The number of hydrogen-bond acceptors (Lipinski definition) is 7. The molecule has 7 nitrogen and oxygen atoms in total. The van der Waals surface area contributed by atoms with Crippen LogP contribution >= 0.6 is 0 Å². The lowest BCUT2D eigenvalue weighted by atomic mass is 9.84. The first-order valence-corrected chi connectivity index (χ1v) is 10.5. The van der Waals surface area contributed by atoms with Gasteiger partial charge in [-0.2, -0.15) is 13.2 Å². The molecule has 1 unspecified atom stereocenters. The van der Waals surface area contributed by atoms with E-state index >= 15 is 0 Å². The first kappa shape index (κ1) is 24.9. The van der Waals surface area contributed by atoms with Crippen LogP contribution in [0.3, 0.4) is 0 Å². The van der Waals surface area contributed by atoms with Crippen LogP contribution in [0.25, 0.3) is 11.1 Å². The molecule has 10 heteroatoms. The van der Waals surface area contributed by atoms with Crippen LogP contribution in [-0.2, 0) is 25.2 Å². The maximum absolute atomic E-state index is 13.5. The van der Waals surface area contributed by atoms with Gasteiger partial charge in [-0.3, -0.25) is 4.79 Å². The van der Waals surface area contributed by atoms with Gasteiger partial charge in [0.2, 0.25) is 5.88 Å². The molecule has 3 rings (SSSR count). The van der Waals surface area contributed by atoms with Crippen molar-refractivity contribution in [3.63, 3.8) is 0 Å². The third kappa shape index (κ3) is 5.11. The fourth-order valence-electron chi connectivity index (χ4n) is 3.75. The van der Waals surface area contributed by atoms with Gasteiger partial charge in [0.25, 0.3) is 0 Å². The van der Waals surface area contributed by atoms with Gasteiger partial charge in [0.05, 0.1) is 32.3 Å². The number of fused-ring (bicyclic) bond motifs is 1. The molecule has 2 aromatic rings. The Bertz CT molecular complexity index is 1130. The number of methoxy groups -OCH3 is 1. The third-order valence-corrected chi connectivity index (χ3v) is 5.23. The average Bonchev–Trinajstić information content (AvgIpc) is 2.78. The summed E-state index contributed by atoms with van der Waals surface area (Å²) in [7, 11) is 1.16. The highest BCUT2D eigenvalue weighted by Crippen LogP contribution is 2.44. The van der Waals surface area contributed by atoms with Gasteiger partial charge in [-0.25, -0.2) is 4.79 Å². The van der Waals surface area contributed by atoms with E-state index < -0.39 is 29.6 Å². The molecule has 0 amide bonds. The van der Waals surface area contributed by atoms with E-state index in [0.29, 0.717) is 11.1 Å². The number of hydrogen-bond donors (Lipinski definition) is 1. The van der Waals surface area contributed by atoms with Crippen LogP contribution in [0.1, 0.15) is 37.3 Å². The Morgan fingerprint density at radius 1 is 1.03 bits per heavy atom. The zero-order valence-electron chi connectivity index (χ0n) is 18.8. The average molecular weight is 479 g/mol. The number of carbonyl (C=O) groups excluding carboxylic acids is 2. The Balaban J connectivity index is 2.12. The molecule has 34 heavy (non-hydrogen) atoms. The number of carbonyl (C=O) groups is 2. The van der Waals surface area contributed by atoms with E-state index in [4.69, 9.17) is 24.7 Å². The molecule has 2 N–H and O–H groups in total. The minimum Gasteiger partial charge on any atom is -0.496 e. The minimum atomic E-state index is -4.63. The van der Waals surface area contributed by atoms with Crippen LogP contribution in [0.4, 0.5) is 13.2 Å². The normalized spacial score (nSPS) is 15.3. The van der Waals surface area contributed by atoms with Crippen molar-refractivity contribution in [2.45, 2.75) is 32.4 Å².